The van der Waals surface area contributed by atoms with E-state index >= 15 is 0 Å². The van der Waals surface area contributed by atoms with Crippen LogP contribution in [0.4, 0.5) is 11.4 Å². The van der Waals surface area contributed by atoms with Crippen LogP contribution in [0.15, 0.2) is 72.8 Å². The van der Waals surface area contributed by atoms with Gasteiger partial charge >= 0.3 is 5.97 Å². The Morgan fingerprint density at radius 3 is 2.17 bits per heavy atom. The van der Waals surface area contributed by atoms with Crippen LogP contribution in [-0.2, 0) is 11.2 Å². The fourth-order valence-corrected chi connectivity index (χ4v) is 5.12. The quantitative estimate of drug-likeness (QED) is 0.0751. The molecule has 1 N–H and O–H groups in total. The zero-order valence-corrected chi connectivity index (χ0v) is 23.3. The Morgan fingerprint density at radius 1 is 0.829 bits per heavy atom. The number of hydrogen-bond acceptors (Lipinski definition) is 6. The second kappa shape index (κ2) is 11.2. The number of anilines is 1. The summed E-state index contributed by atoms with van der Waals surface area (Å²) in [6, 6.07) is 21.6. The van der Waals surface area contributed by atoms with Crippen LogP contribution in [0.3, 0.4) is 0 Å². The lowest BCUT2D eigenvalue weighted by Crippen LogP contribution is -2.14. The SMILES string of the molecule is Cc1cccc(C)c1NC(=O)CCc1ccc2nc3ccccc3c(C(=O)Oc3c(C)cc([N+](=O)[O-])cc3C)c2c1. The van der Waals surface area contributed by atoms with Crippen molar-refractivity contribution in [2.75, 3.05) is 5.32 Å². The van der Waals surface area contributed by atoms with Gasteiger partial charge < -0.3 is 10.1 Å². The summed E-state index contributed by atoms with van der Waals surface area (Å²) in [7, 11) is 0. The highest BCUT2D eigenvalue weighted by atomic mass is 16.6. The van der Waals surface area contributed by atoms with Crippen molar-refractivity contribution >= 4 is 45.1 Å². The molecule has 8 nitrogen and oxygen atoms in total. The van der Waals surface area contributed by atoms with Crippen LogP contribution < -0.4 is 10.1 Å². The lowest BCUT2D eigenvalue weighted by Gasteiger charge is -2.14. The highest BCUT2D eigenvalue weighted by Gasteiger charge is 2.22. The van der Waals surface area contributed by atoms with Crippen molar-refractivity contribution in [2.45, 2.75) is 40.5 Å². The maximum atomic E-state index is 13.8. The second-order valence-electron chi connectivity index (χ2n) is 10.2. The minimum Gasteiger partial charge on any atom is -0.422 e. The molecule has 206 valence electrons. The number of hydrogen-bond donors (Lipinski definition) is 1. The standard InChI is InChI=1S/C33H29N3O5/c1-19-8-7-9-20(2)31(19)35-29(37)15-13-23-12-14-28-26(18-23)30(25-10-5-6-11-27(25)34-28)33(38)41-32-21(3)16-24(36(39)40)17-22(32)4/h5-12,14,16-18H,13,15H2,1-4H3,(H,35,37). The van der Waals surface area contributed by atoms with E-state index in [1.807, 2.05) is 74.5 Å². The summed E-state index contributed by atoms with van der Waals surface area (Å²) in [6.07, 6.45) is 0.732. The predicted octanol–water partition coefficient (Wildman–Crippen LogP) is 7.32. The van der Waals surface area contributed by atoms with Crippen LogP contribution in [0.5, 0.6) is 5.75 Å². The van der Waals surface area contributed by atoms with E-state index in [2.05, 4.69) is 5.32 Å². The number of benzene rings is 4. The van der Waals surface area contributed by atoms with Crippen molar-refractivity contribution in [3.05, 3.63) is 116 Å². The number of carbonyl (C=O) groups is 2. The number of para-hydroxylation sites is 2. The van der Waals surface area contributed by atoms with Gasteiger partial charge in [0.2, 0.25) is 5.91 Å². The summed E-state index contributed by atoms with van der Waals surface area (Å²) in [6.45, 7) is 7.27. The highest BCUT2D eigenvalue weighted by molar-refractivity contribution is 6.15. The van der Waals surface area contributed by atoms with Crippen molar-refractivity contribution in [1.82, 2.24) is 4.98 Å². The van der Waals surface area contributed by atoms with Gasteiger partial charge in [-0.1, -0.05) is 42.5 Å². The Kier molecular flexibility index (Phi) is 7.48. The summed E-state index contributed by atoms with van der Waals surface area (Å²) in [5.74, 6) is -0.393. The van der Waals surface area contributed by atoms with E-state index in [0.29, 0.717) is 44.9 Å². The normalized spacial score (nSPS) is 11.0. The minimum atomic E-state index is -0.585. The first-order valence-corrected chi connectivity index (χ1v) is 13.3. The lowest BCUT2D eigenvalue weighted by molar-refractivity contribution is -0.385. The van der Waals surface area contributed by atoms with Gasteiger partial charge in [-0.15, -0.1) is 0 Å². The molecular weight excluding hydrogens is 518 g/mol. The molecule has 4 aromatic carbocycles. The molecule has 0 bridgehead atoms. The van der Waals surface area contributed by atoms with Gasteiger partial charge in [0.25, 0.3) is 5.69 Å². The molecule has 0 unspecified atom stereocenters. The molecule has 0 fully saturated rings. The van der Waals surface area contributed by atoms with E-state index in [-0.39, 0.29) is 23.8 Å². The van der Waals surface area contributed by atoms with Gasteiger partial charge in [0, 0.05) is 35.0 Å². The molecule has 1 aromatic heterocycles. The predicted molar refractivity (Wildman–Crippen MR) is 160 cm³/mol. The van der Waals surface area contributed by atoms with E-state index in [1.165, 1.54) is 12.1 Å². The van der Waals surface area contributed by atoms with Crippen molar-refractivity contribution in [3.8, 4) is 5.75 Å². The average Bonchev–Trinajstić information content (AvgIpc) is 2.94. The Morgan fingerprint density at radius 2 is 1.49 bits per heavy atom. The first-order chi connectivity index (χ1) is 19.6. The number of rotatable bonds is 7. The average molecular weight is 548 g/mol. The number of aromatic nitrogens is 1. The van der Waals surface area contributed by atoms with Crippen molar-refractivity contribution in [2.24, 2.45) is 0 Å². The highest BCUT2D eigenvalue weighted by Crippen LogP contribution is 2.32. The Labute approximate surface area is 237 Å². The summed E-state index contributed by atoms with van der Waals surface area (Å²) in [5, 5.41) is 15.5. The number of nitro groups is 1. The van der Waals surface area contributed by atoms with Crippen LogP contribution in [0.25, 0.3) is 21.8 Å². The Balaban J connectivity index is 1.48. The Hall–Kier alpha value is -5.11. The molecule has 0 atom stereocenters. The molecular formula is C33H29N3O5. The maximum Gasteiger partial charge on any atom is 0.344 e. The van der Waals surface area contributed by atoms with Gasteiger partial charge in [0.15, 0.2) is 0 Å². The van der Waals surface area contributed by atoms with Crippen LogP contribution in [0.2, 0.25) is 0 Å². The fraction of sp³-hybridized carbons (Fsp3) is 0.182. The molecule has 0 aliphatic carbocycles. The summed E-state index contributed by atoms with van der Waals surface area (Å²) in [5.41, 5.74) is 6.24. The fourth-order valence-electron chi connectivity index (χ4n) is 5.12. The monoisotopic (exact) mass is 547 g/mol. The molecule has 0 radical (unpaired) electrons. The number of carbonyl (C=O) groups excluding carboxylic acids is 2. The molecule has 8 heteroatoms. The largest absolute Gasteiger partial charge is 0.422 e. The number of nitrogens with zero attached hydrogens (tertiary/aromatic N) is 2. The maximum absolute atomic E-state index is 13.8. The van der Waals surface area contributed by atoms with E-state index in [0.717, 1.165) is 22.4 Å². The van der Waals surface area contributed by atoms with E-state index in [4.69, 9.17) is 9.72 Å². The number of ether oxygens (including phenoxy) is 1. The molecule has 41 heavy (non-hydrogen) atoms. The van der Waals surface area contributed by atoms with Gasteiger partial charge in [-0.2, -0.15) is 0 Å². The molecule has 5 aromatic rings. The zero-order chi connectivity index (χ0) is 29.3. The third kappa shape index (κ3) is 5.63. The van der Waals surface area contributed by atoms with Gasteiger partial charge in [0.1, 0.15) is 5.75 Å². The Bertz CT molecular complexity index is 1820. The summed E-state index contributed by atoms with van der Waals surface area (Å²) >= 11 is 0. The number of pyridine rings is 1. The van der Waals surface area contributed by atoms with E-state index in [9.17, 15) is 19.7 Å². The van der Waals surface area contributed by atoms with Crippen LogP contribution >= 0.6 is 0 Å². The number of amides is 1. The van der Waals surface area contributed by atoms with Crippen molar-refractivity contribution in [1.29, 1.82) is 0 Å². The van der Waals surface area contributed by atoms with Crippen molar-refractivity contribution < 1.29 is 19.2 Å². The molecule has 0 aliphatic heterocycles. The second-order valence-corrected chi connectivity index (χ2v) is 10.2. The third-order valence-electron chi connectivity index (χ3n) is 7.19. The molecule has 0 saturated carbocycles. The molecule has 0 saturated heterocycles. The van der Waals surface area contributed by atoms with E-state index < -0.39 is 10.9 Å². The van der Waals surface area contributed by atoms with Crippen LogP contribution in [-0.4, -0.2) is 21.8 Å². The number of esters is 1. The van der Waals surface area contributed by atoms with Crippen LogP contribution in [0.1, 0.15) is 44.6 Å². The van der Waals surface area contributed by atoms with E-state index in [1.54, 1.807) is 13.8 Å². The summed E-state index contributed by atoms with van der Waals surface area (Å²) in [4.78, 5) is 42.1. The third-order valence-corrected chi connectivity index (χ3v) is 7.19. The van der Waals surface area contributed by atoms with Gasteiger partial charge in [0.05, 0.1) is 21.5 Å². The summed E-state index contributed by atoms with van der Waals surface area (Å²) < 4.78 is 5.89. The topological polar surface area (TPSA) is 111 Å². The number of non-ortho nitro benzene ring substituents is 1. The van der Waals surface area contributed by atoms with Crippen molar-refractivity contribution in [3.63, 3.8) is 0 Å². The van der Waals surface area contributed by atoms with Gasteiger partial charge in [-0.25, -0.2) is 9.78 Å². The first kappa shape index (κ1) is 27.5. The molecule has 0 spiro atoms. The van der Waals surface area contributed by atoms with Gasteiger partial charge in [-0.05, 0) is 80.1 Å². The number of fused-ring (bicyclic) bond motifs is 2. The smallest absolute Gasteiger partial charge is 0.344 e. The molecule has 1 amide bonds. The molecule has 5 rings (SSSR count). The number of aryl methyl sites for hydroxylation is 5. The minimum absolute atomic E-state index is 0.0640. The van der Waals surface area contributed by atoms with Gasteiger partial charge in [-0.3, -0.25) is 14.9 Å². The number of nitro benzene ring substituents is 1. The molecule has 0 aliphatic rings. The molecule has 1 heterocycles. The zero-order valence-electron chi connectivity index (χ0n) is 23.3. The lowest BCUT2D eigenvalue weighted by atomic mass is 9.99. The first-order valence-electron chi connectivity index (χ1n) is 13.3. The number of nitrogens with one attached hydrogen (secondary N) is 1. The van der Waals surface area contributed by atoms with Crippen LogP contribution in [0, 0.1) is 37.8 Å².